The van der Waals surface area contributed by atoms with E-state index in [1.807, 2.05) is 24.3 Å². The summed E-state index contributed by atoms with van der Waals surface area (Å²) in [5.41, 5.74) is 0.842. The van der Waals surface area contributed by atoms with Gasteiger partial charge in [0.25, 0.3) is 0 Å². The zero-order chi connectivity index (χ0) is 14.5. The smallest absolute Gasteiger partial charge is 0.221 e. The summed E-state index contributed by atoms with van der Waals surface area (Å²) in [7, 11) is 0. The lowest BCUT2D eigenvalue weighted by atomic mass is 10.1. The van der Waals surface area contributed by atoms with Crippen LogP contribution in [0.1, 0.15) is 24.8 Å². The molecule has 1 aromatic heterocycles. The minimum atomic E-state index is 0.00156. The number of hydrogen-bond acceptors (Lipinski definition) is 4. The molecule has 3 rings (SSSR count). The number of aliphatic hydroxyl groups excluding tert-OH is 1. The van der Waals surface area contributed by atoms with Crippen LogP contribution in [-0.2, 0) is 6.61 Å². The Balaban J connectivity index is 1.69. The SMILES string of the molecule is OCc1cnc(OCCN2CCCCC2)c2ccccc12. The Hall–Kier alpha value is -1.65. The van der Waals surface area contributed by atoms with E-state index >= 15 is 0 Å². The highest BCUT2D eigenvalue weighted by Gasteiger charge is 2.11. The maximum absolute atomic E-state index is 9.39. The van der Waals surface area contributed by atoms with E-state index in [-0.39, 0.29) is 6.61 Å². The molecule has 0 saturated carbocycles. The summed E-state index contributed by atoms with van der Waals surface area (Å²) in [5.74, 6) is 0.666. The molecule has 2 heterocycles. The van der Waals surface area contributed by atoms with Crippen LogP contribution in [0.2, 0.25) is 0 Å². The van der Waals surface area contributed by atoms with Crippen LogP contribution in [0.5, 0.6) is 5.88 Å². The lowest BCUT2D eigenvalue weighted by Crippen LogP contribution is -2.33. The van der Waals surface area contributed by atoms with Gasteiger partial charge in [0.05, 0.1) is 6.61 Å². The maximum atomic E-state index is 9.39. The number of nitrogens with zero attached hydrogens (tertiary/aromatic N) is 2. The van der Waals surface area contributed by atoms with Crippen molar-refractivity contribution in [3.05, 3.63) is 36.0 Å². The number of likely N-dealkylation sites (tertiary alicyclic amines) is 1. The number of rotatable bonds is 5. The number of ether oxygens (including phenoxy) is 1. The van der Waals surface area contributed by atoms with E-state index < -0.39 is 0 Å². The van der Waals surface area contributed by atoms with Crippen LogP contribution in [0.25, 0.3) is 10.8 Å². The van der Waals surface area contributed by atoms with Crippen LogP contribution >= 0.6 is 0 Å². The third-order valence-electron chi connectivity index (χ3n) is 4.11. The van der Waals surface area contributed by atoms with Crippen molar-refractivity contribution in [3.8, 4) is 5.88 Å². The minimum Gasteiger partial charge on any atom is -0.476 e. The van der Waals surface area contributed by atoms with E-state index in [4.69, 9.17) is 4.74 Å². The van der Waals surface area contributed by atoms with E-state index in [2.05, 4.69) is 9.88 Å². The number of aliphatic hydroxyl groups is 1. The fraction of sp³-hybridized carbons (Fsp3) is 0.471. The molecule has 4 heteroatoms. The van der Waals surface area contributed by atoms with Gasteiger partial charge < -0.3 is 9.84 Å². The van der Waals surface area contributed by atoms with Crippen LogP contribution in [0.3, 0.4) is 0 Å². The van der Waals surface area contributed by atoms with Gasteiger partial charge in [-0.1, -0.05) is 24.6 Å². The summed E-state index contributed by atoms with van der Waals surface area (Å²) in [6.45, 7) is 3.98. The number of pyridine rings is 1. The Labute approximate surface area is 125 Å². The molecule has 0 spiro atoms. The van der Waals surface area contributed by atoms with E-state index in [0.717, 1.165) is 22.9 Å². The summed E-state index contributed by atoms with van der Waals surface area (Å²) in [6.07, 6.45) is 5.66. The molecule has 0 bridgehead atoms. The molecule has 4 nitrogen and oxygen atoms in total. The van der Waals surface area contributed by atoms with Crippen molar-refractivity contribution in [1.82, 2.24) is 9.88 Å². The molecule has 1 fully saturated rings. The highest BCUT2D eigenvalue weighted by Crippen LogP contribution is 2.26. The van der Waals surface area contributed by atoms with E-state index in [1.54, 1.807) is 6.20 Å². The lowest BCUT2D eigenvalue weighted by Gasteiger charge is -2.26. The normalized spacial score (nSPS) is 16.2. The summed E-state index contributed by atoms with van der Waals surface area (Å²) < 4.78 is 5.89. The first-order valence-corrected chi connectivity index (χ1v) is 7.71. The van der Waals surface area contributed by atoms with Crippen molar-refractivity contribution in [2.75, 3.05) is 26.2 Å². The first kappa shape index (κ1) is 14.3. The van der Waals surface area contributed by atoms with Crippen molar-refractivity contribution >= 4 is 10.8 Å². The number of benzene rings is 1. The summed E-state index contributed by atoms with van der Waals surface area (Å²) >= 11 is 0. The Morgan fingerprint density at radius 1 is 1.10 bits per heavy atom. The molecule has 2 aromatic rings. The first-order valence-electron chi connectivity index (χ1n) is 7.71. The predicted molar refractivity (Wildman–Crippen MR) is 83.5 cm³/mol. The molecular formula is C17H22N2O2. The summed E-state index contributed by atoms with van der Waals surface area (Å²) in [6, 6.07) is 7.94. The van der Waals surface area contributed by atoms with E-state index in [0.29, 0.717) is 12.5 Å². The number of aromatic nitrogens is 1. The van der Waals surface area contributed by atoms with Crippen molar-refractivity contribution in [3.63, 3.8) is 0 Å². The molecule has 1 aromatic carbocycles. The molecule has 0 unspecified atom stereocenters. The lowest BCUT2D eigenvalue weighted by molar-refractivity contribution is 0.181. The molecule has 1 saturated heterocycles. The Morgan fingerprint density at radius 2 is 1.86 bits per heavy atom. The van der Waals surface area contributed by atoms with E-state index in [1.165, 1.54) is 32.4 Å². The highest BCUT2D eigenvalue weighted by molar-refractivity contribution is 5.89. The van der Waals surface area contributed by atoms with Gasteiger partial charge in [-0.2, -0.15) is 0 Å². The summed E-state index contributed by atoms with van der Waals surface area (Å²) in [5, 5.41) is 11.4. The van der Waals surface area contributed by atoms with Crippen LogP contribution in [0.15, 0.2) is 30.5 Å². The van der Waals surface area contributed by atoms with Crippen molar-refractivity contribution < 1.29 is 9.84 Å². The van der Waals surface area contributed by atoms with Gasteiger partial charge in [-0.3, -0.25) is 4.90 Å². The Kier molecular flexibility index (Phi) is 4.68. The molecule has 1 aliphatic heterocycles. The van der Waals surface area contributed by atoms with Crippen LogP contribution in [0.4, 0.5) is 0 Å². The fourth-order valence-corrected chi connectivity index (χ4v) is 2.92. The maximum Gasteiger partial charge on any atom is 0.221 e. The van der Waals surface area contributed by atoms with Gasteiger partial charge >= 0.3 is 0 Å². The largest absolute Gasteiger partial charge is 0.476 e. The molecule has 1 N–H and O–H groups in total. The molecule has 0 aliphatic carbocycles. The monoisotopic (exact) mass is 286 g/mol. The van der Waals surface area contributed by atoms with Gasteiger partial charge in [-0.05, 0) is 37.4 Å². The highest BCUT2D eigenvalue weighted by atomic mass is 16.5. The van der Waals surface area contributed by atoms with Gasteiger partial charge in [0.15, 0.2) is 0 Å². The van der Waals surface area contributed by atoms with Gasteiger partial charge in [0.2, 0.25) is 5.88 Å². The Morgan fingerprint density at radius 3 is 2.62 bits per heavy atom. The molecular weight excluding hydrogens is 264 g/mol. The standard InChI is InChI=1S/C17H22N2O2/c20-13-14-12-18-17(16-7-3-2-6-15(14)16)21-11-10-19-8-4-1-5-9-19/h2-3,6-7,12,20H,1,4-5,8-11,13H2. The molecule has 21 heavy (non-hydrogen) atoms. The average Bonchev–Trinajstić information content (AvgIpc) is 2.56. The molecule has 0 atom stereocenters. The predicted octanol–water partition coefficient (Wildman–Crippen LogP) is 2.59. The van der Waals surface area contributed by atoms with Crippen molar-refractivity contribution in [2.45, 2.75) is 25.9 Å². The van der Waals surface area contributed by atoms with Gasteiger partial charge in [-0.25, -0.2) is 4.98 Å². The number of piperidine rings is 1. The fourth-order valence-electron chi connectivity index (χ4n) is 2.92. The minimum absolute atomic E-state index is 0.00156. The third-order valence-corrected chi connectivity index (χ3v) is 4.11. The van der Waals surface area contributed by atoms with Crippen molar-refractivity contribution in [2.24, 2.45) is 0 Å². The second-order valence-electron chi connectivity index (χ2n) is 5.54. The quantitative estimate of drug-likeness (QED) is 0.917. The topological polar surface area (TPSA) is 45.6 Å². The van der Waals surface area contributed by atoms with Gasteiger partial charge in [0.1, 0.15) is 6.61 Å². The van der Waals surface area contributed by atoms with Crippen LogP contribution < -0.4 is 4.74 Å². The molecule has 112 valence electrons. The van der Waals surface area contributed by atoms with Crippen LogP contribution in [-0.4, -0.2) is 41.2 Å². The molecule has 0 amide bonds. The second-order valence-corrected chi connectivity index (χ2v) is 5.54. The van der Waals surface area contributed by atoms with Gasteiger partial charge in [-0.15, -0.1) is 0 Å². The Bertz CT molecular complexity index is 594. The first-order chi connectivity index (χ1) is 10.4. The molecule has 1 aliphatic rings. The second kappa shape index (κ2) is 6.87. The molecule has 0 radical (unpaired) electrons. The zero-order valence-electron chi connectivity index (χ0n) is 12.3. The third kappa shape index (κ3) is 3.34. The zero-order valence-corrected chi connectivity index (χ0v) is 12.3. The van der Waals surface area contributed by atoms with Gasteiger partial charge in [0, 0.05) is 23.7 Å². The van der Waals surface area contributed by atoms with Crippen molar-refractivity contribution in [1.29, 1.82) is 0 Å². The average molecular weight is 286 g/mol. The summed E-state index contributed by atoms with van der Waals surface area (Å²) in [4.78, 5) is 6.81. The van der Waals surface area contributed by atoms with E-state index in [9.17, 15) is 5.11 Å². The number of hydrogen-bond donors (Lipinski definition) is 1. The number of fused-ring (bicyclic) bond motifs is 1. The van der Waals surface area contributed by atoms with Crippen LogP contribution in [0, 0.1) is 0 Å².